The minimum Gasteiger partial charge on any atom is -0.384 e. The number of hydrogen-bond donors (Lipinski definition) is 1. The Kier molecular flexibility index (Phi) is 3.68. The fourth-order valence-corrected chi connectivity index (χ4v) is 5.05. The van der Waals surface area contributed by atoms with Crippen molar-refractivity contribution in [1.82, 2.24) is 9.29 Å². The summed E-state index contributed by atoms with van der Waals surface area (Å²) in [6.45, 7) is 0.597. The highest BCUT2D eigenvalue weighted by molar-refractivity contribution is 7.89. The van der Waals surface area contributed by atoms with Crippen LogP contribution in [-0.4, -0.2) is 46.5 Å². The first-order valence-corrected chi connectivity index (χ1v) is 9.41. The first-order chi connectivity index (χ1) is 9.96. The van der Waals surface area contributed by atoms with Crippen LogP contribution in [0.4, 0.5) is 5.82 Å². The molecule has 0 radical (unpaired) electrons. The van der Waals surface area contributed by atoms with Gasteiger partial charge in [-0.25, -0.2) is 13.4 Å². The maximum absolute atomic E-state index is 12.6. The molecule has 0 atom stereocenters. The monoisotopic (exact) mass is 325 g/mol. The summed E-state index contributed by atoms with van der Waals surface area (Å²) in [6, 6.07) is 8.18. The molecule has 0 saturated carbocycles. The van der Waals surface area contributed by atoms with E-state index in [-0.39, 0.29) is 4.90 Å². The number of rotatable bonds is 2. The van der Waals surface area contributed by atoms with E-state index in [0.29, 0.717) is 35.9 Å². The number of hydrogen-bond acceptors (Lipinski definition) is 5. The minimum absolute atomic E-state index is 0.231. The molecule has 0 unspecified atom stereocenters. The number of benzene rings is 1. The van der Waals surface area contributed by atoms with Gasteiger partial charge in [0, 0.05) is 40.8 Å². The van der Waals surface area contributed by atoms with Crippen molar-refractivity contribution in [2.75, 3.05) is 30.3 Å². The van der Waals surface area contributed by atoms with Gasteiger partial charge in [0.15, 0.2) is 0 Å². The number of aromatic nitrogens is 1. The molecule has 1 aliphatic rings. The lowest BCUT2D eigenvalue weighted by Crippen LogP contribution is -2.41. The Balaban J connectivity index is 1.99. The smallest absolute Gasteiger partial charge is 0.243 e. The third-order valence-electron chi connectivity index (χ3n) is 3.46. The highest BCUT2D eigenvalue weighted by Crippen LogP contribution is 2.22. The van der Waals surface area contributed by atoms with Crippen LogP contribution >= 0.6 is 0 Å². The summed E-state index contributed by atoms with van der Waals surface area (Å²) in [5.41, 5.74) is 6.27. The largest absolute Gasteiger partial charge is 0.384 e. The molecule has 1 aromatic carbocycles. The predicted octanol–water partition coefficient (Wildman–Crippen LogP) is 0.570. The summed E-state index contributed by atoms with van der Waals surface area (Å²) in [5, 5.41) is 0.728. The van der Waals surface area contributed by atoms with Crippen molar-refractivity contribution in [3.05, 3.63) is 30.3 Å². The van der Waals surface area contributed by atoms with Gasteiger partial charge in [-0.2, -0.15) is 4.31 Å². The van der Waals surface area contributed by atoms with Crippen LogP contribution in [0.2, 0.25) is 0 Å². The van der Waals surface area contributed by atoms with Gasteiger partial charge in [0.25, 0.3) is 0 Å². The van der Waals surface area contributed by atoms with Gasteiger partial charge in [-0.1, -0.05) is 0 Å². The maximum Gasteiger partial charge on any atom is 0.243 e. The van der Waals surface area contributed by atoms with E-state index in [1.165, 1.54) is 10.4 Å². The molecule has 0 spiro atoms. The lowest BCUT2D eigenvalue weighted by atomic mass is 10.2. The van der Waals surface area contributed by atoms with Gasteiger partial charge in [-0.15, -0.1) is 0 Å². The average Bonchev–Trinajstić information content (AvgIpc) is 2.47. The first-order valence-electron chi connectivity index (χ1n) is 6.48. The van der Waals surface area contributed by atoms with E-state index in [1.807, 2.05) is 0 Å². The summed E-state index contributed by atoms with van der Waals surface area (Å²) in [4.78, 5) is 4.38. The van der Waals surface area contributed by atoms with Gasteiger partial charge in [-0.05, 0) is 30.3 Å². The molecule has 6 nitrogen and oxygen atoms in total. The molecule has 1 aromatic heterocycles. The molecule has 3 rings (SSSR count). The average molecular weight is 325 g/mol. The summed E-state index contributed by atoms with van der Waals surface area (Å²) < 4.78 is 37.9. The number of sulfonamides is 1. The fourth-order valence-electron chi connectivity index (χ4n) is 2.29. The quantitative estimate of drug-likeness (QED) is 0.871. The number of fused-ring (bicyclic) bond motifs is 1. The van der Waals surface area contributed by atoms with Crippen LogP contribution in [0.1, 0.15) is 0 Å². The van der Waals surface area contributed by atoms with E-state index in [4.69, 9.17) is 5.73 Å². The van der Waals surface area contributed by atoms with E-state index in [2.05, 4.69) is 4.98 Å². The molecule has 0 bridgehead atoms. The number of nitrogens with two attached hydrogens (primary N) is 1. The standard InChI is InChI=1S/C13H15N3O3S2/c14-13-4-1-10-9-11(2-3-12(10)15-13)21(18,19)16-5-7-20(17)8-6-16/h1-4,9H,5-8H2,(H2,14,15). The van der Waals surface area contributed by atoms with Crippen molar-refractivity contribution in [2.24, 2.45) is 0 Å². The molecular weight excluding hydrogens is 310 g/mol. The predicted molar refractivity (Wildman–Crippen MR) is 82.8 cm³/mol. The Bertz CT molecular complexity index is 811. The molecule has 1 saturated heterocycles. The number of nitrogen functional groups attached to an aromatic ring is 1. The second kappa shape index (κ2) is 5.36. The number of anilines is 1. The van der Waals surface area contributed by atoms with Crippen LogP contribution < -0.4 is 5.73 Å². The van der Waals surface area contributed by atoms with Crippen molar-refractivity contribution in [1.29, 1.82) is 0 Å². The third kappa shape index (κ3) is 2.78. The SMILES string of the molecule is Nc1ccc2cc(S(=O)(=O)N3CCS(=O)CC3)ccc2n1. The number of nitrogens with zero attached hydrogens (tertiary/aromatic N) is 2. The Morgan fingerprint density at radius 2 is 1.86 bits per heavy atom. The molecule has 2 N–H and O–H groups in total. The Morgan fingerprint density at radius 3 is 2.57 bits per heavy atom. The van der Waals surface area contributed by atoms with Crippen LogP contribution in [0, 0.1) is 0 Å². The van der Waals surface area contributed by atoms with Crippen molar-refractivity contribution in [3.8, 4) is 0 Å². The number of pyridine rings is 1. The molecule has 0 aliphatic carbocycles. The van der Waals surface area contributed by atoms with E-state index in [0.717, 1.165) is 5.39 Å². The molecule has 1 aliphatic heterocycles. The minimum atomic E-state index is -3.55. The fraction of sp³-hybridized carbons (Fsp3) is 0.308. The molecular formula is C13H15N3O3S2. The molecule has 2 aromatic rings. The second-order valence-electron chi connectivity index (χ2n) is 4.84. The van der Waals surface area contributed by atoms with Gasteiger partial charge >= 0.3 is 0 Å². The molecule has 2 heterocycles. The summed E-state index contributed by atoms with van der Waals surface area (Å²) in [7, 11) is -4.45. The van der Waals surface area contributed by atoms with Crippen molar-refractivity contribution >= 4 is 37.5 Å². The highest BCUT2D eigenvalue weighted by atomic mass is 32.2. The van der Waals surface area contributed by atoms with E-state index >= 15 is 0 Å². The van der Waals surface area contributed by atoms with Crippen LogP contribution in [0.3, 0.4) is 0 Å². The van der Waals surface area contributed by atoms with Gasteiger partial charge in [0.05, 0.1) is 10.4 Å². The Hall–Kier alpha value is -1.51. The van der Waals surface area contributed by atoms with Crippen molar-refractivity contribution in [3.63, 3.8) is 0 Å². The van der Waals surface area contributed by atoms with Gasteiger partial charge in [0.2, 0.25) is 10.0 Å². The third-order valence-corrected chi connectivity index (χ3v) is 6.63. The lowest BCUT2D eigenvalue weighted by molar-refractivity contribution is 0.439. The van der Waals surface area contributed by atoms with Gasteiger partial charge < -0.3 is 5.73 Å². The first kappa shape index (κ1) is 14.4. The Morgan fingerprint density at radius 1 is 1.14 bits per heavy atom. The summed E-state index contributed by atoms with van der Waals surface area (Å²) in [5.74, 6) is 1.19. The second-order valence-corrected chi connectivity index (χ2v) is 8.48. The molecule has 8 heteroatoms. The van der Waals surface area contributed by atoms with Crippen molar-refractivity contribution in [2.45, 2.75) is 4.90 Å². The molecule has 1 fully saturated rings. The van der Waals surface area contributed by atoms with Gasteiger partial charge in [-0.3, -0.25) is 4.21 Å². The topological polar surface area (TPSA) is 93.4 Å². The maximum atomic E-state index is 12.6. The zero-order chi connectivity index (χ0) is 15.0. The summed E-state index contributed by atoms with van der Waals surface area (Å²) >= 11 is 0. The van der Waals surface area contributed by atoms with Crippen LogP contribution in [-0.2, 0) is 20.8 Å². The van der Waals surface area contributed by atoms with E-state index < -0.39 is 20.8 Å². The van der Waals surface area contributed by atoms with Crippen molar-refractivity contribution < 1.29 is 12.6 Å². The Labute approximate surface area is 125 Å². The lowest BCUT2D eigenvalue weighted by Gasteiger charge is -2.25. The highest BCUT2D eigenvalue weighted by Gasteiger charge is 2.28. The van der Waals surface area contributed by atoms with Crippen LogP contribution in [0.25, 0.3) is 10.9 Å². The van der Waals surface area contributed by atoms with Crippen LogP contribution in [0.15, 0.2) is 35.2 Å². The van der Waals surface area contributed by atoms with E-state index in [9.17, 15) is 12.6 Å². The molecule has 112 valence electrons. The zero-order valence-electron chi connectivity index (χ0n) is 11.2. The molecule has 21 heavy (non-hydrogen) atoms. The molecule has 0 amide bonds. The van der Waals surface area contributed by atoms with Gasteiger partial charge in [0.1, 0.15) is 5.82 Å². The normalized spacial score (nSPS) is 18.1. The van der Waals surface area contributed by atoms with E-state index in [1.54, 1.807) is 24.3 Å². The summed E-state index contributed by atoms with van der Waals surface area (Å²) in [6.07, 6.45) is 0. The van der Waals surface area contributed by atoms with Crippen LogP contribution in [0.5, 0.6) is 0 Å². The zero-order valence-corrected chi connectivity index (χ0v) is 12.9.